The number of nitrogens with zero attached hydrogens (tertiary/aromatic N) is 1. The van der Waals surface area contributed by atoms with Gasteiger partial charge in [-0.15, -0.1) is 0 Å². The number of hydrogen-bond donors (Lipinski definition) is 1. The van der Waals surface area contributed by atoms with Crippen molar-refractivity contribution in [3.8, 4) is 0 Å². The highest BCUT2D eigenvalue weighted by Crippen LogP contribution is 2.26. The number of benzene rings is 1. The number of hydrogen-bond acceptors (Lipinski definition) is 4. The van der Waals surface area contributed by atoms with Crippen LogP contribution in [0.5, 0.6) is 0 Å². The van der Waals surface area contributed by atoms with Crippen LogP contribution >= 0.6 is 11.6 Å². The monoisotopic (exact) mass is 226 g/mol. The maximum absolute atomic E-state index is 5.85. The van der Waals surface area contributed by atoms with Gasteiger partial charge in [-0.1, -0.05) is 11.6 Å². The summed E-state index contributed by atoms with van der Waals surface area (Å²) in [6.45, 7) is 0.570. The van der Waals surface area contributed by atoms with E-state index < -0.39 is 0 Å². The van der Waals surface area contributed by atoms with Gasteiger partial charge in [-0.05, 0) is 12.1 Å². The van der Waals surface area contributed by atoms with E-state index >= 15 is 0 Å². The van der Waals surface area contributed by atoms with Crippen LogP contribution in [-0.4, -0.2) is 18.7 Å². The second-order valence-corrected chi connectivity index (χ2v) is 3.63. The lowest BCUT2D eigenvalue weighted by molar-refractivity contribution is 0.196. The molecule has 1 heterocycles. The van der Waals surface area contributed by atoms with E-state index in [1.165, 1.54) is 0 Å². The average molecular weight is 227 g/mol. The molecule has 0 saturated heterocycles. The molecule has 2 rings (SSSR count). The Balaban J connectivity index is 2.41. The lowest BCUT2D eigenvalue weighted by Gasteiger charge is -1.94. The third kappa shape index (κ3) is 2.06. The van der Waals surface area contributed by atoms with Gasteiger partial charge in [-0.25, -0.2) is 4.98 Å². The zero-order chi connectivity index (χ0) is 10.8. The Morgan fingerprint density at radius 1 is 1.53 bits per heavy atom. The van der Waals surface area contributed by atoms with Gasteiger partial charge in [0.25, 0.3) is 0 Å². The lowest BCUT2D eigenvalue weighted by atomic mass is 10.3. The van der Waals surface area contributed by atoms with Gasteiger partial charge in [0.15, 0.2) is 11.5 Å². The second-order valence-electron chi connectivity index (χ2n) is 3.19. The number of oxazole rings is 1. The summed E-state index contributed by atoms with van der Waals surface area (Å²) in [5.74, 6) is 0.612. The van der Waals surface area contributed by atoms with E-state index in [0.717, 1.165) is 0 Å². The zero-order valence-corrected chi connectivity index (χ0v) is 9.04. The van der Waals surface area contributed by atoms with Gasteiger partial charge in [0.1, 0.15) is 5.52 Å². The Labute approximate surface area is 92.0 Å². The highest BCUT2D eigenvalue weighted by atomic mass is 35.5. The summed E-state index contributed by atoms with van der Waals surface area (Å²) < 4.78 is 10.4. The summed E-state index contributed by atoms with van der Waals surface area (Å²) in [6, 6.07) is 3.38. The van der Waals surface area contributed by atoms with Gasteiger partial charge in [0.2, 0.25) is 0 Å². The van der Waals surface area contributed by atoms with Crippen LogP contribution in [0.2, 0.25) is 5.02 Å². The minimum atomic E-state index is 0.508. The lowest BCUT2D eigenvalue weighted by Crippen LogP contribution is -1.93. The number of rotatable bonds is 3. The van der Waals surface area contributed by atoms with Crippen molar-refractivity contribution in [2.75, 3.05) is 19.5 Å². The normalized spacial score (nSPS) is 11.1. The van der Waals surface area contributed by atoms with Crippen LogP contribution in [0.1, 0.15) is 5.89 Å². The van der Waals surface area contributed by atoms with E-state index in [4.69, 9.17) is 26.5 Å². The molecular weight excluding hydrogens is 216 g/mol. The third-order valence-corrected chi connectivity index (χ3v) is 2.27. The number of anilines is 1. The minimum absolute atomic E-state index is 0.508. The highest BCUT2D eigenvalue weighted by Gasteiger charge is 2.09. The first kappa shape index (κ1) is 10.3. The number of halogens is 1. The van der Waals surface area contributed by atoms with Crippen LogP contribution in [0.3, 0.4) is 0 Å². The number of aromatic nitrogens is 1. The molecule has 0 spiro atoms. The molecule has 1 aromatic heterocycles. The Bertz CT molecular complexity index is 481. The average Bonchev–Trinajstić information content (AvgIpc) is 2.57. The molecule has 2 N–H and O–H groups in total. The highest BCUT2D eigenvalue weighted by molar-refractivity contribution is 6.31. The van der Waals surface area contributed by atoms with Gasteiger partial charge < -0.3 is 14.9 Å². The van der Waals surface area contributed by atoms with Crippen LogP contribution in [0, 0.1) is 0 Å². The summed E-state index contributed by atoms with van der Waals surface area (Å²) in [5.41, 5.74) is 7.53. The maximum Gasteiger partial charge on any atom is 0.197 e. The van der Waals surface area contributed by atoms with Gasteiger partial charge in [0.05, 0.1) is 12.3 Å². The first-order valence-corrected chi connectivity index (χ1v) is 4.92. The van der Waals surface area contributed by atoms with Crippen molar-refractivity contribution >= 4 is 28.4 Å². The first-order chi connectivity index (χ1) is 7.20. The Morgan fingerprint density at radius 3 is 3.07 bits per heavy atom. The zero-order valence-electron chi connectivity index (χ0n) is 8.29. The smallest absolute Gasteiger partial charge is 0.197 e. The Kier molecular flexibility index (Phi) is 2.79. The van der Waals surface area contributed by atoms with Crippen LogP contribution in [0.25, 0.3) is 11.1 Å². The molecule has 0 unspecified atom stereocenters. The summed E-state index contributed by atoms with van der Waals surface area (Å²) in [4.78, 5) is 4.26. The van der Waals surface area contributed by atoms with Gasteiger partial charge in [-0.3, -0.25) is 0 Å². The number of methoxy groups -OCH3 is 1. The Hall–Kier alpha value is -1.26. The van der Waals surface area contributed by atoms with E-state index in [2.05, 4.69) is 4.98 Å². The fourth-order valence-corrected chi connectivity index (χ4v) is 1.59. The van der Waals surface area contributed by atoms with Crippen LogP contribution < -0.4 is 5.73 Å². The van der Waals surface area contributed by atoms with Gasteiger partial charge in [-0.2, -0.15) is 0 Å². The maximum atomic E-state index is 5.85. The standard InChI is InChI=1S/C10H11ClN2O2/c1-14-3-2-9-13-8-5-6(11)4-7(12)10(8)15-9/h4-5H,2-3,12H2,1H3. The van der Waals surface area contributed by atoms with E-state index in [1.54, 1.807) is 19.2 Å². The molecular formula is C10H11ClN2O2. The van der Waals surface area contributed by atoms with Crippen molar-refractivity contribution in [3.63, 3.8) is 0 Å². The Morgan fingerprint density at radius 2 is 2.33 bits per heavy atom. The number of nitrogens with two attached hydrogens (primary N) is 1. The molecule has 80 valence electrons. The molecule has 0 aliphatic rings. The van der Waals surface area contributed by atoms with Crippen molar-refractivity contribution in [2.24, 2.45) is 0 Å². The molecule has 0 atom stereocenters. The molecule has 2 aromatic rings. The molecule has 0 amide bonds. The summed E-state index contributed by atoms with van der Waals surface area (Å²) in [5, 5.41) is 0.562. The molecule has 1 aromatic carbocycles. The quantitative estimate of drug-likeness (QED) is 0.816. The molecule has 4 nitrogen and oxygen atoms in total. The van der Waals surface area contributed by atoms with Crippen LogP contribution in [0.15, 0.2) is 16.5 Å². The molecule has 0 aliphatic carbocycles. The van der Waals surface area contributed by atoms with E-state index in [-0.39, 0.29) is 0 Å². The molecule has 0 bridgehead atoms. The molecule has 0 radical (unpaired) electrons. The van der Waals surface area contributed by atoms with Crippen molar-refractivity contribution in [1.82, 2.24) is 4.98 Å². The topological polar surface area (TPSA) is 61.3 Å². The van der Waals surface area contributed by atoms with Crippen molar-refractivity contribution in [2.45, 2.75) is 6.42 Å². The van der Waals surface area contributed by atoms with Crippen molar-refractivity contribution in [1.29, 1.82) is 0 Å². The summed E-state index contributed by atoms with van der Waals surface area (Å²) >= 11 is 5.85. The largest absolute Gasteiger partial charge is 0.438 e. The molecule has 0 fully saturated rings. The van der Waals surface area contributed by atoms with Gasteiger partial charge >= 0.3 is 0 Å². The SMILES string of the molecule is COCCc1nc2cc(Cl)cc(N)c2o1. The summed E-state index contributed by atoms with van der Waals surface area (Å²) in [7, 11) is 1.63. The van der Waals surface area contributed by atoms with E-state index in [1.807, 2.05) is 0 Å². The fraction of sp³-hybridized carbons (Fsp3) is 0.300. The minimum Gasteiger partial charge on any atom is -0.438 e. The van der Waals surface area contributed by atoms with Crippen LogP contribution in [-0.2, 0) is 11.2 Å². The number of ether oxygens (including phenoxy) is 1. The second kappa shape index (κ2) is 4.08. The molecule has 15 heavy (non-hydrogen) atoms. The van der Waals surface area contributed by atoms with E-state index in [9.17, 15) is 0 Å². The van der Waals surface area contributed by atoms with E-state index in [0.29, 0.717) is 40.7 Å². The first-order valence-electron chi connectivity index (χ1n) is 4.54. The predicted molar refractivity (Wildman–Crippen MR) is 59.0 cm³/mol. The molecule has 0 saturated carbocycles. The predicted octanol–water partition coefficient (Wildman–Crippen LogP) is 2.25. The van der Waals surface area contributed by atoms with Crippen LogP contribution in [0.4, 0.5) is 5.69 Å². The van der Waals surface area contributed by atoms with Gasteiger partial charge in [0, 0.05) is 18.6 Å². The molecule has 5 heteroatoms. The molecule has 0 aliphatic heterocycles. The number of nitrogen functional groups attached to an aromatic ring is 1. The summed E-state index contributed by atoms with van der Waals surface area (Å²) in [6.07, 6.45) is 0.627. The van der Waals surface area contributed by atoms with Crippen molar-refractivity contribution in [3.05, 3.63) is 23.0 Å². The fourth-order valence-electron chi connectivity index (χ4n) is 1.37. The number of fused-ring (bicyclic) bond motifs is 1. The third-order valence-electron chi connectivity index (χ3n) is 2.05. The van der Waals surface area contributed by atoms with Crippen molar-refractivity contribution < 1.29 is 9.15 Å².